The first-order chi connectivity index (χ1) is 8.15. The summed E-state index contributed by atoms with van der Waals surface area (Å²) >= 11 is 11.8. The fraction of sp³-hybridized carbons (Fsp3) is 0.167. The van der Waals surface area contributed by atoms with E-state index >= 15 is 0 Å². The summed E-state index contributed by atoms with van der Waals surface area (Å²) in [4.78, 5) is 8.49. The van der Waals surface area contributed by atoms with Crippen LogP contribution in [-0.4, -0.2) is 9.97 Å². The van der Waals surface area contributed by atoms with Crippen molar-refractivity contribution in [2.24, 2.45) is 0 Å². The van der Waals surface area contributed by atoms with Crippen molar-refractivity contribution < 1.29 is 0 Å². The van der Waals surface area contributed by atoms with E-state index in [2.05, 4.69) is 15.3 Å². The number of anilines is 1. The van der Waals surface area contributed by atoms with Gasteiger partial charge in [0.1, 0.15) is 5.82 Å². The van der Waals surface area contributed by atoms with Crippen LogP contribution >= 0.6 is 23.2 Å². The van der Waals surface area contributed by atoms with Gasteiger partial charge < -0.3 is 5.32 Å². The maximum atomic E-state index is 6.00. The van der Waals surface area contributed by atoms with Crippen LogP contribution < -0.4 is 5.32 Å². The average Bonchev–Trinajstić information content (AvgIpc) is 2.28. The van der Waals surface area contributed by atoms with Crippen molar-refractivity contribution in [3.8, 4) is 0 Å². The van der Waals surface area contributed by atoms with E-state index in [0.29, 0.717) is 22.4 Å². The summed E-state index contributed by atoms with van der Waals surface area (Å²) in [6, 6.07) is 7.53. The first-order valence-corrected chi connectivity index (χ1v) is 5.88. The van der Waals surface area contributed by atoms with Crippen molar-refractivity contribution in [2.45, 2.75) is 13.5 Å². The highest BCUT2D eigenvalue weighted by molar-refractivity contribution is 6.35. The molecule has 0 bridgehead atoms. The Morgan fingerprint density at radius 2 is 2.12 bits per heavy atom. The molecular formula is C12H11Cl2N3. The van der Waals surface area contributed by atoms with Gasteiger partial charge in [-0.15, -0.1) is 0 Å². The number of halogens is 2. The molecule has 0 spiro atoms. The van der Waals surface area contributed by atoms with Crippen LogP contribution in [-0.2, 0) is 6.54 Å². The maximum Gasteiger partial charge on any atom is 0.145 e. The number of aromatic nitrogens is 2. The second-order valence-corrected chi connectivity index (χ2v) is 4.45. The fourth-order valence-electron chi connectivity index (χ4n) is 1.42. The highest BCUT2D eigenvalue weighted by Crippen LogP contribution is 2.22. The van der Waals surface area contributed by atoms with Gasteiger partial charge in [-0.3, -0.25) is 4.98 Å². The van der Waals surface area contributed by atoms with Crippen molar-refractivity contribution in [3.63, 3.8) is 0 Å². The molecule has 0 radical (unpaired) electrons. The van der Waals surface area contributed by atoms with E-state index in [-0.39, 0.29) is 0 Å². The van der Waals surface area contributed by atoms with E-state index < -0.39 is 0 Å². The normalized spacial score (nSPS) is 10.3. The number of hydrogen-bond acceptors (Lipinski definition) is 3. The second-order valence-electron chi connectivity index (χ2n) is 3.61. The molecule has 0 aliphatic rings. The molecule has 3 nitrogen and oxygen atoms in total. The van der Waals surface area contributed by atoms with Crippen LogP contribution in [0.1, 0.15) is 11.4 Å². The van der Waals surface area contributed by atoms with Crippen LogP contribution in [0, 0.1) is 6.92 Å². The van der Waals surface area contributed by atoms with E-state index in [1.165, 1.54) is 0 Å². The summed E-state index contributed by atoms with van der Waals surface area (Å²) in [5, 5.41) is 4.15. The van der Waals surface area contributed by atoms with Crippen LogP contribution in [0.2, 0.25) is 10.0 Å². The monoisotopic (exact) mass is 267 g/mol. The molecule has 0 fully saturated rings. The van der Waals surface area contributed by atoms with Crippen molar-refractivity contribution in [3.05, 3.63) is 51.9 Å². The summed E-state index contributed by atoms with van der Waals surface area (Å²) in [6.45, 7) is 2.53. The van der Waals surface area contributed by atoms with Crippen molar-refractivity contribution in [1.82, 2.24) is 9.97 Å². The van der Waals surface area contributed by atoms with E-state index in [1.807, 2.05) is 25.1 Å². The Morgan fingerprint density at radius 1 is 1.29 bits per heavy atom. The minimum Gasteiger partial charge on any atom is -0.363 e. The molecule has 0 unspecified atom stereocenters. The largest absolute Gasteiger partial charge is 0.363 e. The zero-order valence-corrected chi connectivity index (χ0v) is 10.8. The summed E-state index contributed by atoms with van der Waals surface area (Å²) in [6.07, 6.45) is 1.56. The molecule has 0 aliphatic heterocycles. The second kappa shape index (κ2) is 5.34. The van der Waals surface area contributed by atoms with Gasteiger partial charge in [0, 0.05) is 11.9 Å². The molecule has 2 aromatic rings. The highest BCUT2D eigenvalue weighted by Gasteiger charge is 2.03. The van der Waals surface area contributed by atoms with Crippen LogP contribution in [0.15, 0.2) is 30.5 Å². The van der Waals surface area contributed by atoms with E-state index in [1.54, 1.807) is 12.3 Å². The molecule has 2 aromatic heterocycles. The van der Waals surface area contributed by atoms with E-state index in [4.69, 9.17) is 23.2 Å². The Labute approximate surface area is 110 Å². The molecule has 0 atom stereocenters. The van der Waals surface area contributed by atoms with Crippen molar-refractivity contribution in [1.29, 1.82) is 0 Å². The molecule has 0 saturated carbocycles. The third-order valence-electron chi connectivity index (χ3n) is 2.19. The minimum atomic E-state index is 0.505. The molecule has 0 saturated heterocycles. The van der Waals surface area contributed by atoms with E-state index in [0.717, 1.165) is 11.4 Å². The quantitative estimate of drug-likeness (QED) is 0.922. The van der Waals surface area contributed by atoms with Crippen LogP contribution in [0.5, 0.6) is 0 Å². The summed E-state index contributed by atoms with van der Waals surface area (Å²) in [5.41, 5.74) is 1.93. The third-order valence-corrected chi connectivity index (χ3v) is 2.69. The number of nitrogens with one attached hydrogen (secondary N) is 1. The molecule has 0 amide bonds. The Hall–Kier alpha value is -1.32. The number of hydrogen-bond donors (Lipinski definition) is 1. The Bertz CT molecular complexity index is 529. The lowest BCUT2D eigenvalue weighted by Gasteiger charge is -2.07. The Balaban J connectivity index is 2.07. The predicted molar refractivity (Wildman–Crippen MR) is 70.6 cm³/mol. The lowest BCUT2D eigenvalue weighted by atomic mass is 10.3. The zero-order valence-electron chi connectivity index (χ0n) is 9.24. The molecule has 0 aliphatic carbocycles. The lowest BCUT2D eigenvalue weighted by Crippen LogP contribution is -2.04. The number of nitrogens with zero attached hydrogens (tertiary/aromatic N) is 2. The first kappa shape index (κ1) is 12.1. The van der Waals surface area contributed by atoms with Gasteiger partial charge in [0.2, 0.25) is 0 Å². The van der Waals surface area contributed by atoms with Gasteiger partial charge in [-0.05, 0) is 25.1 Å². The number of pyridine rings is 2. The molecule has 2 heterocycles. The van der Waals surface area contributed by atoms with Gasteiger partial charge in [0.25, 0.3) is 0 Å². The smallest absolute Gasteiger partial charge is 0.145 e. The van der Waals surface area contributed by atoms with E-state index in [9.17, 15) is 0 Å². The maximum absolute atomic E-state index is 6.00. The number of rotatable bonds is 3. The van der Waals surface area contributed by atoms with Crippen LogP contribution in [0.4, 0.5) is 5.82 Å². The summed E-state index contributed by atoms with van der Waals surface area (Å²) in [7, 11) is 0. The summed E-state index contributed by atoms with van der Waals surface area (Å²) in [5.74, 6) is 0.611. The summed E-state index contributed by atoms with van der Waals surface area (Å²) < 4.78 is 0. The zero-order chi connectivity index (χ0) is 12.3. The molecule has 1 N–H and O–H groups in total. The molecule has 0 aromatic carbocycles. The Morgan fingerprint density at radius 3 is 2.82 bits per heavy atom. The van der Waals surface area contributed by atoms with Gasteiger partial charge in [0.05, 0.1) is 22.3 Å². The van der Waals surface area contributed by atoms with Crippen LogP contribution in [0.25, 0.3) is 0 Å². The molecule has 88 valence electrons. The van der Waals surface area contributed by atoms with Crippen LogP contribution in [0.3, 0.4) is 0 Å². The van der Waals surface area contributed by atoms with Gasteiger partial charge >= 0.3 is 0 Å². The fourth-order valence-corrected chi connectivity index (χ4v) is 1.86. The van der Waals surface area contributed by atoms with Gasteiger partial charge in [-0.1, -0.05) is 29.3 Å². The molecule has 5 heteroatoms. The van der Waals surface area contributed by atoms with Gasteiger partial charge in [-0.25, -0.2) is 4.98 Å². The SMILES string of the molecule is Cc1cccc(CNc2ncc(Cl)cc2Cl)n1. The molecule has 2 rings (SSSR count). The lowest BCUT2D eigenvalue weighted by molar-refractivity contribution is 1.00. The predicted octanol–water partition coefficient (Wildman–Crippen LogP) is 3.70. The topological polar surface area (TPSA) is 37.8 Å². The minimum absolute atomic E-state index is 0.505. The number of aryl methyl sites for hydroxylation is 1. The first-order valence-electron chi connectivity index (χ1n) is 5.12. The van der Waals surface area contributed by atoms with Crippen molar-refractivity contribution in [2.75, 3.05) is 5.32 Å². The average molecular weight is 268 g/mol. The standard InChI is InChI=1S/C12H11Cl2N3/c1-8-3-2-4-10(17-8)7-16-12-11(14)5-9(13)6-15-12/h2-6H,7H2,1H3,(H,15,16). The van der Waals surface area contributed by atoms with Gasteiger partial charge in [-0.2, -0.15) is 0 Å². The third kappa shape index (κ3) is 3.32. The molecular weight excluding hydrogens is 257 g/mol. The Kier molecular flexibility index (Phi) is 3.82. The van der Waals surface area contributed by atoms with Crippen molar-refractivity contribution >= 4 is 29.0 Å². The van der Waals surface area contributed by atoms with Gasteiger partial charge in [0.15, 0.2) is 0 Å². The highest BCUT2D eigenvalue weighted by atomic mass is 35.5. The molecule has 17 heavy (non-hydrogen) atoms.